The van der Waals surface area contributed by atoms with E-state index in [4.69, 9.17) is 0 Å². The highest BCUT2D eigenvalue weighted by Crippen LogP contribution is 2.14. The van der Waals surface area contributed by atoms with E-state index in [0.29, 0.717) is 19.6 Å². The summed E-state index contributed by atoms with van der Waals surface area (Å²) in [5, 5.41) is 0. The third kappa shape index (κ3) is 4.61. The molecule has 7 heteroatoms. The fourth-order valence-electron chi connectivity index (χ4n) is 2.30. The summed E-state index contributed by atoms with van der Waals surface area (Å²) < 4.78 is 27.1. The molecule has 0 aliphatic heterocycles. The van der Waals surface area contributed by atoms with Gasteiger partial charge in [0.2, 0.25) is 5.91 Å². The summed E-state index contributed by atoms with van der Waals surface area (Å²) in [5.41, 5.74) is 1.71. The molecule has 1 amide bonds. The van der Waals surface area contributed by atoms with Gasteiger partial charge in [-0.25, -0.2) is 13.8 Å². The highest BCUT2D eigenvalue weighted by molar-refractivity contribution is 5.78. The molecule has 2 rings (SSSR count). The van der Waals surface area contributed by atoms with Crippen LogP contribution in [0.15, 0.2) is 24.5 Å². The monoisotopic (exact) mass is 336 g/mol. The van der Waals surface area contributed by atoms with E-state index in [1.807, 2.05) is 25.9 Å². The molecule has 5 nitrogen and oxygen atoms in total. The Bertz CT molecular complexity index is 700. The minimum atomic E-state index is -0.964. The van der Waals surface area contributed by atoms with Crippen LogP contribution in [0.25, 0.3) is 0 Å². The van der Waals surface area contributed by atoms with Crippen LogP contribution < -0.4 is 0 Å². The number of amides is 1. The molecule has 1 heterocycles. The summed E-state index contributed by atoms with van der Waals surface area (Å²) in [6.45, 7) is 3.36. The first-order valence-electron chi connectivity index (χ1n) is 7.72. The standard InChI is InChI=1S/C17H22F2N4O/c1-12-15(21-11-20-12)10-23(8-7-22(2)3)16(24)9-13-5-4-6-14(18)17(13)19/h4-6,11H,7-10H2,1-3H3,(H,20,21). The van der Waals surface area contributed by atoms with Crippen molar-refractivity contribution in [3.63, 3.8) is 0 Å². The van der Waals surface area contributed by atoms with Gasteiger partial charge in [0.15, 0.2) is 11.6 Å². The number of benzene rings is 1. The van der Waals surface area contributed by atoms with Gasteiger partial charge in [-0.05, 0) is 27.1 Å². The van der Waals surface area contributed by atoms with E-state index < -0.39 is 11.6 Å². The van der Waals surface area contributed by atoms with Crippen molar-refractivity contribution in [1.82, 2.24) is 19.8 Å². The molecular weight excluding hydrogens is 314 g/mol. The number of nitrogens with zero attached hydrogens (tertiary/aromatic N) is 3. The quantitative estimate of drug-likeness (QED) is 0.843. The second kappa shape index (κ2) is 8.01. The summed E-state index contributed by atoms with van der Waals surface area (Å²) in [6.07, 6.45) is 1.39. The summed E-state index contributed by atoms with van der Waals surface area (Å²) in [4.78, 5) is 23.4. The van der Waals surface area contributed by atoms with Crippen molar-refractivity contribution in [2.45, 2.75) is 19.9 Å². The zero-order chi connectivity index (χ0) is 17.7. The molecule has 24 heavy (non-hydrogen) atoms. The van der Waals surface area contributed by atoms with Crippen LogP contribution in [0.2, 0.25) is 0 Å². The van der Waals surface area contributed by atoms with Crippen LogP contribution in [0.3, 0.4) is 0 Å². The summed E-state index contributed by atoms with van der Waals surface area (Å²) in [7, 11) is 3.82. The SMILES string of the molecule is Cc1[nH]cnc1CN(CCN(C)C)C(=O)Cc1cccc(F)c1F. The Morgan fingerprint density at radius 2 is 2.00 bits per heavy atom. The molecule has 0 saturated heterocycles. The van der Waals surface area contributed by atoms with Crippen LogP contribution in [-0.2, 0) is 17.8 Å². The second-order valence-electron chi connectivity index (χ2n) is 5.98. The molecule has 1 N–H and O–H groups in total. The lowest BCUT2D eigenvalue weighted by atomic mass is 10.1. The van der Waals surface area contributed by atoms with Gasteiger partial charge >= 0.3 is 0 Å². The Morgan fingerprint density at radius 1 is 1.25 bits per heavy atom. The first-order chi connectivity index (χ1) is 11.4. The van der Waals surface area contributed by atoms with Gasteiger partial charge in [-0.15, -0.1) is 0 Å². The molecule has 0 aliphatic carbocycles. The number of hydrogen-bond donors (Lipinski definition) is 1. The molecule has 0 saturated carbocycles. The van der Waals surface area contributed by atoms with Gasteiger partial charge in [-0.1, -0.05) is 12.1 Å². The van der Waals surface area contributed by atoms with Crippen molar-refractivity contribution in [2.75, 3.05) is 27.2 Å². The minimum Gasteiger partial charge on any atom is -0.348 e. The molecule has 0 atom stereocenters. The zero-order valence-corrected chi connectivity index (χ0v) is 14.1. The first kappa shape index (κ1) is 18.1. The van der Waals surface area contributed by atoms with Crippen LogP contribution in [0.1, 0.15) is 17.0 Å². The van der Waals surface area contributed by atoms with Crippen molar-refractivity contribution >= 4 is 5.91 Å². The van der Waals surface area contributed by atoms with Crippen LogP contribution in [0, 0.1) is 18.6 Å². The molecule has 0 aliphatic rings. The number of nitrogens with one attached hydrogen (secondary N) is 1. The normalized spacial score (nSPS) is 11.1. The molecule has 0 spiro atoms. The summed E-state index contributed by atoms with van der Waals surface area (Å²) >= 11 is 0. The molecule has 0 radical (unpaired) electrons. The third-order valence-electron chi connectivity index (χ3n) is 3.82. The lowest BCUT2D eigenvalue weighted by molar-refractivity contribution is -0.131. The van der Waals surface area contributed by atoms with E-state index in [-0.39, 0.29) is 17.9 Å². The van der Waals surface area contributed by atoms with Gasteiger partial charge in [0.25, 0.3) is 0 Å². The second-order valence-corrected chi connectivity index (χ2v) is 5.98. The predicted octanol–water partition coefficient (Wildman–Crippen LogP) is 2.13. The Morgan fingerprint density at radius 3 is 2.62 bits per heavy atom. The molecule has 0 unspecified atom stereocenters. The number of H-pyrrole nitrogens is 1. The zero-order valence-electron chi connectivity index (χ0n) is 14.1. The van der Waals surface area contributed by atoms with Crippen LogP contribution in [-0.4, -0.2) is 52.9 Å². The van der Waals surface area contributed by atoms with Gasteiger partial charge in [0, 0.05) is 24.3 Å². The number of aromatic nitrogens is 2. The molecule has 1 aromatic heterocycles. The number of rotatable bonds is 7. The Kier molecular flexibility index (Phi) is 6.03. The average Bonchev–Trinajstić information content (AvgIpc) is 2.93. The number of hydrogen-bond acceptors (Lipinski definition) is 3. The first-order valence-corrected chi connectivity index (χ1v) is 7.72. The van der Waals surface area contributed by atoms with E-state index in [2.05, 4.69) is 9.97 Å². The van der Waals surface area contributed by atoms with Crippen molar-refractivity contribution < 1.29 is 13.6 Å². The summed E-state index contributed by atoms with van der Waals surface area (Å²) in [6, 6.07) is 3.88. The molecule has 0 bridgehead atoms. The lowest BCUT2D eigenvalue weighted by Gasteiger charge is -2.24. The van der Waals surface area contributed by atoms with Crippen LogP contribution in [0.5, 0.6) is 0 Å². The fourth-order valence-corrected chi connectivity index (χ4v) is 2.30. The maximum absolute atomic E-state index is 13.8. The van der Waals surface area contributed by atoms with Crippen molar-refractivity contribution in [2.24, 2.45) is 0 Å². The van der Waals surface area contributed by atoms with Crippen LogP contribution >= 0.6 is 0 Å². The topological polar surface area (TPSA) is 52.2 Å². The number of aryl methyl sites for hydroxylation is 1. The van der Waals surface area contributed by atoms with E-state index in [9.17, 15) is 13.6 Å². The molecule has 1 aromatic carbocycles. The number of aromatic amines is 1. The van der Waals surface area contributed by atoms with E-state index in [0.717, 1.165) is 17.5 Å². The van der Waals surface area contributed by atoms with Crippen molar-refractivity contribution in [1.29, 1.82) is 0 Å². The Balaban J connectivity index is 2.14. The highest BCUT2D eigenvalue weighted by Gasteiger charge is 2.19. The molecule has 2 aromatic rings. The molecular formula is C17H22F2N4O. The number of imidazole rings is 1. The van der Waals surface area contributed by atoms with E-state index in [1.165, 1.54) is 12.1 Å². The minimum absolute atomic E-state index is 0.0635. The smallest absolute Gasteiger partial charge is 0.227 e. The predicted molar refractivity (Wildman–Crippen MR) is 87.4 cm³/mol. The van der Waals surface area contributed by atoms with Gasteiger partial charge in [-0.3, -0.25) is 4.79 Å². The van der Waals surface area contributed by atoms with Gasteiger partial charge in [0.1, 0.15) is 0 Å². The molecule has 130 valence electrons. The van der Waals surface area contributed by atoms with Crippen molar-refractivity contribution in [3.8, 4) is 0 Å². The number of halogens is 2. The fraction of sp³-hybridized carbons (Fsp3) is 0.412. The highest BCUT2D eigenvalue weighted by atomic mass is 19.2. The maximum Gasteiger partial charge on any atom is 0.227 e. The lowest BCUT2D eigenvalue weighted by Crippen LogP contribution is -2.37. The largest absolute Gasteiger partial charge is 0.348 e. The van der Waals surface area contributed by atoms with Crippen LogP contribution in [0.4, 0.5) is 8.78 Å². The summed E-state index contributed by atoms with van der Waals surface area (Å²) in [5.74, 6) is -2.17. The number of carbonyl (C=O) groups is 1. The molecule has 0 fully saturated rings. The Hall–Kier alpha value is -2.28. The number of likely N-dealkylation sites (N-methyl/N-ethyl adjacent to an activating group) is 1. The average molecular weight is 336 g/mol. The van der Waals surface area contributed by atoms with Crippen molar-refractivity contribution in [3.05, 3.63) is 53.1 Å². The Labute approximate surface area is 140 Å². The number of carbonyl (C=O) groups excluding carboxylic acids is 1. The van der Waals surface area contributed by atoms with Gasteiger partial charge in [0.05, 0.1) is 25.0 Å². The van der Waals surface area contributed by atoms with Gasteiger partial charge in [-0.2, -0.15) is 0 Å². The van der Waals surface area contributed by atoms with Gasteiger partial charge < -0.3 is 14.8 Å². The maximum atomic E-state index is 13.8. The third-order valence-corrected chi connectivity index (χ3v) is 3.82. The van der Waals surface area contributed by atoms with E-state index >= 15 is 0 Å². The van der Waals surface area contributed by atoms with E-state index in [1.54, 1.807) is 11.2 Å².